The number of aryl methyl sites for hydroxylation is 1. The number of benzene rings is 2. The average Bonchev–Trinajstić information content (AvgIpc) is 2.50. The monoisotopic (exact) mass is 313 g/mol. The number of hydrogen-bond acceptors (Lipinski definition) is 4. The normalized spacial score (nSPS) is 10.0. The zero-order valence-electron chi connectivity index (χ0n) is 13.4. The Hall–Kier alpha value is -2.82. The molecule has 0 radical (unpaired) electrons. The Morgan fingerprint density at radius 3 is 2.26 bits per heavy atom. The molecule has 2 aromatic rings. The van der Waals surface area contributed by atoms with E-state index in [1.807, 2.05) is 31.2 Å². The van der Waals surface area contributed by atoms with Gasteiger partial charge in [-0.3, -0.25) is 9.59 Å². The molecule has 0 saturated heterocycles. The third-order valence-corrected chi connectivity index (χ3v) is 3.26. The van der Waals surface area contributed by atoms with Gasteiger partial charge in [-0.2, -0.15) is 0 Å². The quantitative estimate of drug-likeness (QED) is 0.680. The summed E-state index contributed by atoms with van der Waals surface area (Å²) >= 11 is 0. The first kappa shape index (κ1) is 16.5. The van der Waals surface area contributed by atoms with Gasteiger partial charge < -0.3 is 14.8 Å². The largest absolute Gasteiger partial charge is 0.497 e. The van der Waals surface area contributed by atoms with E-state index in [2.05, 4.69) is 5.32 Å². The van der Waals surface area contributed by atoms with Crippen molar-refractivity contribution >= 4 is 17.6 Å². The highest BCUT2D eigenvalue weighted by atomic mass is 16.5. The molecule has 0 aliphatic rings. The van der Waals surface area contributed by atoms with Crippen molar-refractivity contribution in [3.05, 3.63) is 53.6 Å². The first-order valence-corrected chi connectivity index (χ1v) is 7.20. The molecule has 5 nitrogen and oxygen atoms in total. The molecular formula is C18H19NO4. The zero-order chi connectivity index (χ0) is 16.8. The lowest BCUT2D eigenvalue weighted by Gasteiger charge is -2.10. The van der Waals surface area contributed by atoms with Crippen molar-refractivity contribution < 1.29 is 19.1 Å². The maximum atomic E-state index is 12.1. The van der Waals surface area contributed by atoms with E-state index in [0.717, 1.165) is 16.9 Å². The molecule has 0 saturated carbocycles. The standard InChI is InChI=1S/C18H19NO4/c1-12-10-16(23-13(2)20)8-9-17(12)19-18(21)11-14-4-6-15(22-3)7-5-14/h4-10H,11H2,1-3H3,(H,19,21). The molecule has 0 aliphatic carbocycles. The van der Waals surface area contributed by atoms with E-state index in [0.29, 0.717) is 11.4 Å². The highest BCUT2D eigenvalue weighted by molar-refractivity contribution is 5.93. The van der Waals surface area contributed by atoms with Gasteiger partial charge in [-0.1, -0.05) is 12.1 Å². The molecular weight excluding hydrogens is 294 g/mol. The van der Waals surface area contributed by atoms with Gasteiger partial charge in [-0.05, 0) is 48.4 Å². The third kappa shape index (κ3) is 4.85. The lowest BCUT2D eigenvalue weighted by molar-refractivity contribution is -0.131. The number of methoxy groups -OCH3 is 1. The number of nitrogens with one attached hydrogen (secondary N) is 1. The molecule has 0 bridgehead atoms. The Kier molecular flexibility index (Phi) is 5.36. The first-order valence-electron chi connectivity index (χ1n) is 7.20. The molecule has 2 aromatic carbocycles. The van der Waals surface area contributed by atoms with Crippen LogP contribution in [0.3, 0.4) is 0 Å². The molecule has 0 fully saturated rings. The number of rotatable bonds is 5. The smallest absolute Gasteiger partial charge is 0.308 e. The summed E-state index contributed by atoms with van der Waals surface area (Å²) in [6.07, 6.45) is 0.273. The molecule has 0 heterocycles. The van der Waals surface area contributed by atoms with Crippen LogP contribution in [0.25, 0.3) is 0 Å². The highest BCUT2D eigenvalue weighted by Crippen LogP contribution is 2.22. The van der Waals surface area contributed by atoms with Gasteiger partial charge in [-0.15, -0.1) is 0 Å². The summed E-state index contributed by atoms with van der Waals surface area (Å²) in [6, 6.07) is 12.4. The van der Waals surface area contributed by atoms with E-state index in [4.69, 9.17) is 9.47 Å². The fourth-order valence-corrected chi connectivity index (χ4v) is 2.13. The molecule has 0 aliphatic heterocycles. The minimum absolute atomic E-state index is 0.112. The Bertz CT molecular complexity index is 707. The van der Waals surface area contributed by atoms with E-state index < -0.39 is 0 Å². The SMILES string of the molecule is COc1ccc(CC(=O)Nc2ccc(OC(C)=O)cc2C)cc1. The van der Waals surface area contributed by atoms with Gasteiger partial charge in [0.1, 0.15) is 11.5 Å². The Morgan fingerprint density at radius 2 is 1.70 bits per heavy atom. The lowest BCUT2D eigenvalue weighted by Crippen LogP contribution is -2.15. The maximum Gasteiger partial charge on any atom is 0.308 e. The molecule has 0 spiro atoms. The van der Waals surface area contributed by atoms with Crippen LogP contribution in [0.15, 0.2) is 42.5 Å². The molecule has 0 aromatic heterocycles. The summed E-state index contributed by atoms with van der Waals surface area (Å²) in [5, 5.41) is 2.86. The summed E-state index contributed by atoms with van der Waals surface area (Å²) < 4.78 is 10.1. The van der Waals surface area contributed by atoms with E-state index in [9.17, 15) is 9.59 Å². The molecule has 1 N–H and O–H groups in total. The van der Waals surface area contributed by atoms with Crippen LogP contribution in [-0.4, -0.2) is 19.0 Å². The summed E-state index contributed by atoms with van der Waals surface area (Å²) in [4.78, 5) is 23.1. The molecule has 0 unspecified atom stereocenters. The maximum absolute atomic E-state index is 12.1. The fourth-order valence-electron chi connectivity index (χ4n) is 2.13. The molecule has 5 heteroatoms. The van der Waals surface area contributed by atoms with Gasteiger partial charge in [0.2, 0.25) is 5.91 Å². The highest BCUT2D eigenvalue weighted by Gasteiger charge is 2.08. The van der Waals surface area contributed by atoms with Gasteiger partial charge in [0.25, 0.3) is 0 Å². The predicted octanol–water partition coefficient (Wildman–Crippen LogP) is 3.11. The van der Waals surface area contributed by atoms with Crippen LogP contribution in [0.2, 0.25) is 0 Å². The number of anilines is 1. The number of carbonyl (C=O) groups is 2. The first-order chi connectivity index (χ1) is 11.0. The van der Waals surface area contributed by atoms with Crippen LogP contribution in [0.1, 0.15) is 18.1 Å². The van der Waals surface area contributed by atoms with Gasteiger partial charge in [0, 0.05) is 12.6 Å². The predicted molar refractivity (Wildman–Crippen MR) is 87.8 cm³/mol. The van der Waals surface area contributed by atoms with Crippen LogP contribution in [0.4, 0.5) is 5.69 Å². The van der Waals surface area contributed by atoms with Crippen LogP contribution in [-0.2, 0) is 16.0 Å². The number of esters is 1. The van der Waals surface area contributed by atoms with Crippen LogP contribution in [0.5, 0.6) is 11.5 Å². The second kappa shape index (κ2) is 7.45. The van der Waals surface area contributed by atoms with E-state index >= 15 is 0 Å². The zero-order valence-corrected chi connectivity index (χ0v) is 13.4. The van der Waals surface area contributed by atoms with Crippen molar-refractivity contribution in [2.45, 2.75) is 20.3 Å². The molecule has 0 atom stereocenters. The summed E-state index contributed by atoms with van der Waals surface area (Å²) in [7, 11) is 1.60. The van der Waals surface area contributed by atoms with Crippen molar-refractivity contribution in [2.75, 3.05) is 12.4 Å². The summed E-state index contributed by atoms with van der Waals surface area (Å²) in [5.74, 6) is 0.730. The topological polar surface area (TPSA) is 64.6 Å². The number of amides is 1. The fraction of sp³-hybridized carbons (Fsp3) is 0.222. The molecule has 1 amide bonds. The molecule has 120 valence electrons. The van der Waals surface area contributed by atoms with Crippen LogP contribution >= 0.6 is 0 Å². The summed E-state index contributed by atoms with van der Waals surface area (Å²) in [6.45, 7) is 3.19. The molecule has 2 rings (SSSR count). The number of carbonyl (C=O) groups excluding carboxylic acids is 2. The Balaban J connectivity index is 2.00. The molecule has 23 heavy (non-hydrogen) atoms. The number of ether oxygens (including phenoxy) is 2. The van der Waals surface area contributed by atoms with Gasteiger partial charge in [-0.25, -0.2) is 0 Å². The van der Waals surface area contributed by atoms with Gasteiger partial charge in [0.15, 0.2) is 0 Å². The van der Waals surface area contributed by atoms with E-state index in [1.54, 1.807) is 25.3 Å². The summed E-state index contributed by atoms with van der Waals surface area (Å²) in [5.41, 5.74) is 2.42. The van der Waals surface area contributed by atoms with E-state index in [-0.39, 0.29) is 18.3 Å². The average molecular weight is 313 g/mol. The van der Waals surface area contributed by atoms with Crippen molar-refractivity contribution in [3.8, 4) is 11.5 Å². The Morgan fingerprint density at radius 1 is 1.04 bits per heavy atom. The third-order valence-electron chi connectivity index (χ3n) is 3.26. The van der Waals surface area contributed by atoms with Crippen LogP contribution in [0, 0.1) is 6.92 Å². The lowest BCUT2D eigenvalue weighted by atomic mass is 10.1. The minimum Gasteiger partial charge on any atom is -0.497 e. The van der Waals surface area contributed by atoms with Crippen molar-refractivity contribution in [3.63, 3.8) is 0 Å². The van der Waals surface area contributed by atoms with E-state index in [1.165, 1.54) is 6.92 Å². The van der Waals surface area contributed by atoms with Crippen molar-refractivity contribution in [2.24, 2.45) is 0 Å². The Labute approximate surface area is 135 Å². The minimum atomic E-state index is -0.374. The van der Waals surface area contributed by atoms with Gasteiger partial charge >= 0.3 is 5.97 Å². The van der Waals surface area contributed by atoms with Crippen molar-refractivity contribution in [1.82, 2.24) is 0 Å². The second-order valence-electron chi connectivity index (χ2n) is 5.14. The van der Waals surface area contributed by atoms with Gasteiger partial charge in [0.05, 0.1) is 13.5 Å². The van der Waals surface area contributed by atoms with Crippen LogP contribution < -0.4 is 14.8 Å². The number of hydrogen-bond donors (Lipinski definition) is 1. The van der Waals surface area contributed by atoms with Crippen molar-refractivity contribution in [1.29, 1.82) is 0 Å². The second-order valence-corrected chi connectivity index (χ2v) is 5.14.